The van der Waals surface area contributed by atoms with Crippen LogP contribution in [0.25, 0.3) is 0 Å². The maximum Gasteiger partial charge on any atom is 0.320 e. The third kappa shape index (κ3) is 5.95. The van der Waals surface area contributed by atoms with Gasteiger partial charge in [-0.05, 0) is 33.2 Å². The predicted octanol–water partition coefficient (Wildman–Crippen LogP) is 0.830. The van der Waals surface area contributed by atoms with Gasteiger partial charge in [0.2, 0.25) is 5.91 Å². The molecule has 1 saturated heterocycles. The van der Waals surface area contributed by atoms with Gasteiger partial charge in [0.15, 0.2) is 9.84 Å². The number of likely N-dealkylation sites (N-methyl/N-ethyl adjacent to an activating group) is 1. The lowest BCUT2D eigenvalue weighted by Gasteiger charge is -2.39. The fraction of sp³-hybridized carbons (Fsp3) is 0.882. The van der Waals surface area contributed by atoms with E-state index >= 15 is 0 Å². The Kier molecular flexibility index (Phi) is 7.25. The highest BCUT2D eigenvalue weighted by Crippen LogP contribution is 2.28. The normalized spacial score (nSPS) is 23.6. The highest BCUT2D eigenvalue weighted by Gasteiger charge is 2.38. The monoisotopic (exact) mass is 374 g/mol. The molecule has 144 valence electrons. The lowest BCUT2D eigenvalue weighted by Crippen LogP contribution is -2.52. The molecule has 0 aromatic rings. The molecule has 0 radical (unpaired) electrons. The summed E-state index contributed by atoms with van der Waals surface area (Å²) in [7, 11) is -1.34. The fourth-order valence-corrected chi connectivity index (χ4v) is 5.57. The molecule has 1 aliphatic heterocycles. The fourth-order valence-electron chi connectivity index (χ4n) is 3.85. The van der Waals surface area contributed by atoms with Crippen molar-refractivity contribution in [1.82, 2.24) is 9.80 Å². The minimum atomic E-state index is -3.05. The van der Waals surface area contributed by atoms with Crippen molar-refractivity contribution < 1.29 is 22.7 Å². The molecule has 8 heteroatoms. The number of amides is 1. The largest absolute Gasteiger partial charge is 0.465 e. The van der Waals surface area contributed by atoms with E-state index in [2.05, 4.69) is 0 Å². The molecule has 2 aliphatic rings. The Morgan fingerprint density at radius 3 is 2.28 bits per heavy atom. The van der Waals surface area contributed by atoms with Crippen molar-refractivity contribution in [3.63, 3.8) is 0 Å². The van der Waals surface area contributed by atoms with Crippen LogP contribution >= 0.6 is 0 Å². The van der Waals surface area contributed by atoms with Crippen LogP contribution < -0.4 is 0 Å². The Balaban J connectivity index is 2.03. The van der Waals surface area contributed by atoms with E-state index in [4.69, 9.17) is 4.74 Å². The molecular weight excluding hydrogens is 344 g/mol. The van der Waals surface area contributed by atoms with E-state index in [1.165, 1.54) is 6.42 Å². The van der Waals surface area contributed by atoms with Crippen LogP contribution in [0.15, 0.2) is 0 Å². The summed E-state index contributed by atoms with van der Waals surface area (Å²) in [4.78, 5) is 28.0. The van der Waals surface area contributed by atoms with E-state index in [9.17, 15) is 18.0 Å². The maximum atomic E-state index is 12.9. The Bertz CT molecular complexity index is 572. The zero-order valence-electron chi connectivity index (χ0n) is 15.3. The summed E-state index contributed by atoms with van der Waals surface area (Å²) in [6.45, 7) is 2.22. The molecule has 25 heavy (non-hydrogen) atoms. The summed E-state index contributed by atoms with van der Waals surface area (Å²) in [5.74, 6) is -0.213. The molecular formula is C17H30N2O5S. The van der Waals surface area contributed by atoms with Crippen LogP contribution in [-0.4, -0.2) is 80.4 Å². The van der Waals surface area contributed by atoms with Crippen molar-refractivity contribution in [1.29, 1.82) is 0 Å². The van der Waals surface area contributed by atoms with Crippen molar-refractivity contribution in [3.05, 3.63) is 0 Å². The SMILES string of the molecule is CCOC(=O)CN(C)CC(=O)N(C1CCCCC1)C1CCS(=O)(=O)C1. The number of ether oxygens (including phenoxy) is 1. The van der Waals surface area contributed by atoms with Gasteiger partial charge in [0.25, 0.3) is 0 Å². The second-order valence-electron chi connectivity index (χ2n) is 7.13. The lowest BCUT2D eigenvalue weighted by molar-refractivity contribution is -0.145. The van der Waals surface area contributed by atoms with Crippen LogP contribution in [0.2, 0.25) is 0 Å². The summed E-state index contributed by atoms with van der Waals surface area (Å²) >= 11 is 0. The predicted molar refractivity (Wildman–Crippen MR) is 94.9 cm³/mol. The van der Waals surface area contributed by atoms with E-state index in [0.29, 0.717) is 13.0 Å². The molecule has 0 aromatic heterocycles. The van der Waals surface area contributed by atoms with Crippen LogP contribution in [0.3, 0.4) is 0 Å². The number of rotatable bonds is 7. The van der Waals surface area contributed by atoms with Gasteiger partial charge in [-0.25, -0.2) is 8.42 Å². The van der Waals surface area contributed by atoms with Gasteiger partial charge in [-0.1, -0.05) is 19.3 Å². The van der Waals surface area contributed by atoms with Crippen molar-refractivity contribution in [2.45, 2.75) is 57.5 Å². The van der Waals surface area contributed by atoms with Crippen LogP contribution in [0.1, 0.15) is 45.4 Å². The molecule has 1 aliphatic carbocycles. The number of nitrogens with zero attached hydrogens (tertiary/aromatic N) is 2. The van der Waals surface area contributed by atoms with Gasteiger partial charge >= 0.3 is 5.97 Å². The second kappa shape index (κ2) is 8.98. The first-order valence-electron chi connectivity index (χ1n) is 9.18. The standard InChI is InChI=1S/C17H30N2O5S/c1-3-24-17(21)12-18(2)11-16(20)19(14-7-5-4-6-8-14)15-9-10-25(22,23)13-15/h14-15H,3-13H2,1-2H3. The zero-order valence-corrected chi connectivity index (χ0v) is 16.1. The number of sulfone groups is 1. The quantitative estimate of drug-likeness (QED) is 0.614. The van der Waals surface area contributed by atoms with E-state index in [-0.39, 0.29) is 48.6 Å². The maximum absolute atomic E-state index is 12.9. The van der Waals surface area contributed by atoms with Crippen molar-refractivity contribution >= 4 is 21.7 Å². The summed E-state index contributed by atoms with van der Waals surface area (Å²) < 4.78 is 28.7. The molecule has 7 nitrogen and oxygen atoms in total. The minimum Gasteiger partial charge on any atom is -0.465 e. The lowest BCUT2D eigenvalue weighted by atomic mass is 9.93. The molecule has 2 fully saturated rings. The van der Waals surface area contributed by atoms with Crippen LogP contribution in [-0.2, 0) is 24.2 Å². The Labute approximate surface area is 150 Å². The van der Waals surface area contributed by atoms with Gasteiger partial charge in [0.05, 0.1) is 31.2 Å². The third-order valence-corrected chi connectivity index (χ3v) is 6.72. The van der Waals surface area contributed by atoms with E-state index < -0.39 is 9.84 Å². The molecule has 0 bridgehead atoms. The zero-order chi connectivity index (χ0) is 18.4. The molecule has 0 aromatic carbocycles. The average molecular weight is 375 g/mol. The van der Waals surface area contributed by atoms with Crippen molar-refractivity contribution in [2.24, 2.45) is 0 Å². The van der Waals surface area contributed by atoms with Crippen LogP contribution in [0.5, 0.6) is 0 Å². The first kappa shape index (κ1) is 20.2. The highest BCUT2D eigenvalue weighted by molar-refractivity contribution is 7.91. The van der Waals surface area contributed by atoms with Crippen LogP contribution in [0.4, 0.5) is 0 Å². The van der Waals surface area contributed by atoms with Gasteiger partial charge in [-0.3, -0.25) is 14.5 Å². The first-order chi connectivity index (χ1) is 11.8. The van der Waals surface area contributed by atoms with Crippen LogP contribution in [0, 0.1) is 0 Å². The number of esters is 1. The molecule has 0 N–H and O–H groups in total. The smallest absolute Gasteiger partial charge is 0.320 e. The molecule has 0 spiro atoms. The third-order valence-electron chi connectivity index (χ3n) is 4.97. The van der Waals surface area contributed by atoms with Gasteiger partial charge < -0.3 is 9.64 Å². The van der Waals surface area contributed by atoms with Gasteiger partial charge in [0, 0.05) is 12.1 Å². The van der Waals surface area contributed by atoms with Gasteiger partial charge in [0.1, 0.15) is 0 Å². The Morgan fingerprint density at radius 2 is 1.72 bits per heavy atom. The highest BCUT2D eigenvalue weighted by atomic mass is 32.2. The minimum absolute atomic E-state index is 0.0566. The number of hydrogen-bond donors (Lipinski definition) is 0. The average Bonchev–Trinajstić information content (AvgIpc) is 2.88. The number of carbonyl (C=O) groups excluding carboxylic acids is 2. The summed E-state index contributed by atoms with van der Waals surface area (Å²) in [5.41, 5.74) is 0. The number of hydrogen-bond acceptors (Lipinski definition) is 6. The Hall–Kier alpha value is -1.15. The van der Waals surface area contributed by atoms with E-state index in [1.54, 1.807) is 18.9 Å². The van der Waals surface area contributed by atoms with E-state index in [0.717, 1.165) is 25.7 Å². The molecule has 2 rings (SSSR count). The van der Waals surface area contributed by atoms with Gasteiger partial charge in [-0.2, -0.15) is 0 Å². The molecule has 1 amide bonds. The summed E-state index contributed by atoms with van der Waals surface area (Å²) in [5, 5.41) is 0. The summed E-state index contributed by atoms with van der Waals surface area (Å²) in [6.07, 6.45) is 5.71. The van der Waals surface area contributed by atoms with Gasteiger partial charge in [-0.15, -0.1) is 0 Å². The molecule has 1 unspecified atom stereocenters. The topological polar surface area (TPSA) is 84.0 Å². The molecule has 1 saturated carbocycles. The first-order valence-corrected chi connectivity index (χ1v) is 11.0. The van der Waals surface area contributed by atoms with Crippen molar-refractivity contribution in [3.8, 4) is 0 Å². The summed E-state index contributed by atoms with van der Waals surface area (Å²) in [6, 6.07) is -0.105. The molecule has 1 heterocycles. The second-order valence-corrected chi connectivity index (χ2v) is 9.36. The molecule has 1 atom stereocenters. The van der Waals surface area contributed by atoms with Crippen molar-refractivity contribution in [2.75, 3.05) is 38.2 Å². The Morgan fingerprint density at radius 1 is 1.04 bits per heavy atom. The van der Waals surface area contributed by atoms with E-state index in [1.807, 2.05) is 4.90 Å². The number of carbonyl (C=O) groups is 2.